The standard InChI is InChI=1S/C3H10AsO2P/c4-2-1-3-7(5)6/h5-6H,1-4H2. The molecule has 0 aliphatic heterocycles. The molecule has 0 spiro atoms. The molecule has 0 bridgehead atoms. The average Bonchev–Trinajstić information content (AvgIpc) is 1.61. The van der Waals surface area contributed by atoms with E-state index >= 15 is 0 Å². The van der Waals surface area contributed by atoms with E-state index in [1.54, 1.807) is 16.9 Å². The first-order valence-corrected chi connectivity index (χ1v) is 5.27. The van der Waals surface area contributed by atoms with Crippen molar-refractivity contribution in [3.63, 3.8) is 0 Å². The van der Waals surface area contributed by atoms with Gasteiger partial charge in [-0.15, -0.1) is 0 Å². The second kappa shape index (κ2) is 5.05. The van der Waals surface area contributed by atoms with Gasteiger partial charge in [0.1, 0.15) is 0 Å². The summed E-state index contributed by atoms with van der Waals surface area (Å²) in [6, 6.07) is 0. The van der Waals surface area contributed by atoms with Crippen LogP contribution in [0.5, 0.6) is 0 Å². The van der Waals surface area contributed by atoms with Crippen LogP contribution >= 0.6 is 8.38 Å². The maximum absolute atomic E-state index is 8.31. The third-order valence-corrected chi connectivity index (χ3v) is 2.14. The second-order valence-corrected chi connectivity index (χ2v) is 3.64. The molecule has 0 saturated carbocycles. The predicted molar refractivity (Wildman–Crippen MR) is 34.2 cm³/mol. The van der Waals surface area contributed by atoms with Gasteiger partial charge in [0.25, 0.3) is 0 Å². The fourth-order valence-corrected chi connectivity index (χ4v) is 1.85. The molecular weight excluding hydrogens is 174 g/mol. The van der Waals surface area contributed by atoms with E-state index in [0.29, 0.717) is 6.16 Å². The van der Waals surface area contributed by atoms with Crippen molar-refractivity contribution < 1.29 is 9.79 Å². The van der Waals surface area contributed by atoms with E-state index in [4.69, 9.17) is 9.79 Å². The Balaban J connectivity index is 2.68. The van der Waals surface area contributed by atoms with E-state index < -0.39 is 8.38 Å². The topological polar surface area (TPSA) is 40.5 Å². The Morgan fingerprint density at radius 1 is 1.43 bits per heavy atom. The van der Waals surface area contributed by atoms with Gasteiger partial charge < -0.3 is 0 Å². The van der Waals surface area contributed by atoms with Crippen molar-refractivity contribution in [3.05, 3.63) is 0 Å². The zero-order valence-electron chi connectivity index (χ0n) is 4.04. The van der Waals surface area contributed by atoms with Crippen LogP contribution in [0, 0.1) is 0 Å². The molecule has 0 radical (unpaired) electrons. The molecule has 1 unspecified atom stereocenters. The molecule has 0 amide bonds. The Kier molecular flexibility index (Phi) is 5.71. The minimum atomic E-state index is -1.60. The van der Waals surface area contributed by atoms with Crippen molar-refractivity contribution in [3.8, 4) is 0 Å². The van der Waals surface area contributed by atoms with Crippen LogP contribution in [-0.4, -0.2) is 32.8 Å². The molecule has 2 N–H and O–H groups in total. The zero-order chi connectivity index (χ0) is 5.70. The van der Waals surface area contributed by atoms with Gasteiger partial charge in [0.05, 0.1) is 0 Å². The van der Waals surface area contributed by atoms with Crippen LogP contribution in [0.15, 0.2) is 0 Å². The van der Waals surface area contributed by atoms with Crippen molar-refractivity contribution >= 4 is 25.2 Å². The molecule has 0 heterocycles. The van der Waals surface area contributed by atoms with Crippen molar-refractivity contribution in [1.29, 1.82) is 0 Å². The van der Waals surface area contributed by atoms with E-state index in [-0.39, 0.29) is 0 Å². The van der Waals surface area contributed by atoms with Gasteiger partial charge in [0.2, 0.25) is 0 Å². The summed E-state index contributed by atoms with van der Waals surface area (Å²) in [5.74, 6) is 0. The van der Waals surface area contributed by atoms with E-state index in [2.05, 4.69) is 0 Å². The molecule has 0 aliphatic rings. The predicted octanol–water partition coefficient (Wildman–Crippen LogP) is -0.276. The first-order valence-electron chi connectivity index (χ1n) is 2.12. The molecule has 0 aliphatic carbocycles. The quantitative estimate of drug-likeness (QED) is 0.468. The Hall–Kier alpha value is 0.908. The van der Waals surface area contributed by atoms with Crippen LogP contribution in [0.1, 0.15) is 6.42 Å². The molecule has 1 atom stereocenters. The van der Waals surface area contributed by atoms with Crippen LogP contribution < -0.4 is 0 Å². The molecular formula is C3H10AsO2P. The zero-order valence-corrected chi connectivity index (χ0v) is 7.36. The van der Waals surface area contributed by atoms with Crippen molar-refractivity contribution in [1.82, 2.24) is 0 Å². The summed E-state index contributed by atoms with van der Waals surface area (Å²) in [6.07, 6.45) is 1.55. The fraction of sp³-hybridized carbons (Fsp3) is 1.00. The van der Waals surface area contributed by atoms with Crippen LogP contribution in [-0.2, 0) is 0 Å². The Morgan fingerprint density at radius 3 is 2.14 bits per heavy atom. The molecule has 2 nitrogen and oxygen atoms in total. The van der Waals surface area contributed by atoms with Crippen LogP contribution in [0.2, 0.25) is 5.21 Å². The molecule has 7 heavy (non-hydrogen) atoms. The molecule has 0 fully saturated rings. The average molecular weight is 184 g/mol. The molecule has 4 heteroatoms. The summed E-state index contributed by atoms with van der Waals surface area (Å²) in [5, 5.41) is 1.10. The van der Waals surface area contributed by atoms with E-state index in [1.165, 1.54) is 0 Å². The third-order valence-electron chi connectivity index (χ3n) is 0.562. The molecule has 44 valence electrons. The van der Waals surface area contributed by atoms with E-state index in [1.807, 2.05) is 0 Å². The maximum atomic E-state index is 8.31. The summed E-state index contributed by atoms with van der Waals surface area (Å²) < 4.78 is 0. The van der Waals surface area contributed by atoms with Gasteiger partial charge in [0, 0.05) is 0 Å². The number of hydrogen-bond donors (Lipinski definition) is 2. The SMILES string of the molecule is OP(O)CCC[AsH2]. The molecule has 0 rings (SSSR count). The summed E-state index contributed by atoms with van der Waals surface area (Å²) in [4.78, 5) is 16.6. The Morgan fingerprint density at radius 2 is 2.00 bits per heavy atom. The van der Waals surface area contributed by atoms with Crippen LogP contribution in [0.25, 0.3) is 0 Å². The Bertz CT molecular complexity index is 41.9. The number of hydrogen-bond acceptors (Lipinski definition) is 2. The first-order chi connectivity index (χ1) is 3.27. The normalized spacial score (nSPS) is 10.3. The van der Waals surface area contributed by atoms with Gasteiger partial charge in [-0.25, -0.2) is 0 Å². The van der Waals surface area contributed by atoms with Crippen LogP contribution in [0.3, 0.4) is 0 Å². The van der Waals surface area contributed by atoms with Crippen molar-refractivity contribution in [2.75, 3.05) is 6.16 Å². The molecule has 0 aromatic heterocycles. The fourth-order valence-electron chi connectivity index (χ4n) is 0.233. The van der Waals surface area contributed by atoms with Gasteiger partial charge >= 0.3 is 52.8 Å². The summed E-state index contributed by atoms with van der Waals surface area (Å²) in [6.45, 7) is 0. The Labute approximate surface area is 53.4 Å². The summed E-state index contributed by atoms with van der Waals surface area (Å²) >= 11 is 1.65. The second-order valence-electron chi connectivity index (χ2n) is 1.24. The van der Waals surface area contributed by atoms with Gasteiger partial charge in [-0.1, -0.05) is 0 Å². The van der Waals surface area contributed by atoms with Gasteiger partial charge in [-0.3, -0.25) is 0 Å². The van der Waals surface area contributed by atoms with Crippen molar-refractivity contribution in [2.24, 2.45) is 0 Å². The minimum absolute atomic E-state index is 0.591. The molecule has 0 aromatic rings. The van der Waals surface area contributed by atoms with Gasteiger partial charge in [-0.2, -0.15) is 0 Å². The van der Waals surface area contributed by atoms with E-state index in [9.17, 15) is 0 Å². The number of rotatable bonds is 3. The summed E-state index contributed by atoms with van der Waals surface area (Å²) in [5.41, 5.74) is 0. The monoisotopic (exact) mass is 184 g/mol. The van der Waals surface area contributed by atoms with Gasteiger partial charge in [-0.05, 0) is 0 Å². The third kappa shape index (κ3) is 6.91. The van der Waals surface area contributed by atoms with Gasteiger partial charge in [0.15, 0.2) is 0 Å². The summed E-state index contributed by atoms with van der Waals surface area (Å²) in [7, 11) is -1.60. The molecule has 0 saturated heterocycles. The van der Waals surface area contributed by atoms with Crippen molar-refractivity contribution in [2.45, 2.75) is 11.6 Å². The van der Waals surface area contributed by atoms with Crippen LogP contribution in [0.4, 0.5) is 0 Å². The molecule has 0 aromatic carbocycles. The van der Waals surface area contributed by atoms with E-state index in [0.717, 1.165) is 11.6 Å². The first kappa shape index (κ1) is 7.91.